The van der Waals surface area contributed by atoms with Crippen LogP contribution in [0.4, 0.5) is 13.2 Å². The van der Waals surface area contributed by atoms with Crippen LogP contribution in [0.5, 0.6) is 17.2 Å². The van der Waals surface area contributed by atoms with Crippen LogP contribution >= 0.6 is 0 Å². The third-order valence-electron chi connectivity index (χ3n) is 3.57. The third-order valence-corrected chi connectivity index (χ3v) is 3.57. The molecular weight excluding hydrogens is 363 g/mol. The first-order valence-corrected chi connectivity index (χ1v) is 7.87. The van der Waals surface area contributed by atoms with Gasteiger partial charge in [-0.2, -0.15) is 13.2 Å². The van der Waals surface area contributed by atoms with Crippen LogP contribution in [0.15, 0.2) is 42.5 Å². The second-order valence-electron chi connectivity index (χ2n) is 5.42. The SMILES string of the molecule is O=C(NCC#CCOc1cccc(C(F)(F)F)c1)c1ccc2c(c1)OCO2. The van der Waals surface area contributed by atoms with E-state index in [1.807, 2.05) is 0 Å². The molecule has 1 aliphatic rings. The smallest absolute Gasteiger partial charge is 0.416 e. The summed E-state index contributed by atoms with van der Waals surface area (Å²) in [6, 6.07) is 9.36. The van der Waals surface area contributed by atoms with E-state index in [-0.39, 0.29) is 31.6 Å². The zero-order valence-corrected chi connectivity index (χ0v) is 13.9. The summed E-state index contributed by atoms with van der Waals surface area (Å²) in [5.41, 5.74) is -0.384. The van der Waals surface area contributed by atoms with Gasteiger partial charge in [0.05, 0.1) is 12.1 Å². The summed E-state index contributed by atoms with van der Waals surface area (Å²) in [6.07, 6.45) is -4.43. The molecule has 0 aliphatic carbocycles. The van der Waals surface area contributed by atoms with Gasteiger partial charge in [-0.15, -0.1) is 0 Å². The molecule has 1 N–H and O–H groups in total. The Hall–Kier alpha value is -3.34. The first-order valence-electron chi connectivity index (χ1n) is 7.87. The Morgan fingerprint density at radius 1 is 1.11 bits per heavy atom. The van der Waals surface area contributed by atoms with E-state index in [1.54, 1.807) is 18.2 Å². The molecule has 0 unspecified atom stereocenters. The lowest BCUT2D eigenvalue weighted by Gasteiger charge is -2.08. The zero-order valence-electron chi connectivity index (χ0n) is 13.9. The van der Waals surface area contributed by atoms with Crippen LogP contribution in [-0.4, -0.2) is 25.9 Å². The van der Waals surface area contributed by atoms with E-state index in [0.29, 0.717) is 17.1 Å². The van der Waals surface area contributed by atoms with Crippen molar-refractivity contribution in [3.05, 3.63) is 53.6 Å². The molecule has 0 bridgehead atoms. The molecule has 1 aliphatic heterocycles. The second kappa shape index (κ2) is 7.91. The Morgan fingerprint density at radius 3 is 2.74 bits per heavy atom. The molecule has 0 atom stereocenters. The highest BCUT2D eigenvalue weighted by molar-refractivity contribution is 5.95. The molecular formula is C19H14F3NO4. The Balaban J connectivity index is 1.45. The number of carbonyl (C=O) groups is 1. The van der Waals surface area contributed by atoms with Crippen LogP contribution in [0.2, 0.25) is 0 Å². The van der Waals surface area contributed by atoms with Crippen molar-refractivity contribution >= 4 is 5.91 Å². The summed E-state index contributed by atoms with van der Waals surface area (Å²) in [7, 11) is 0. The van der Waals surface area contributed by atoms with E-state index in [2.05, 4.69) is 17.2 Å². The molecule has 8 heteroatoms. The Labute approximate surface area is 153 Å². The fourth-order valence-corrected chi connectivity index (χ4v) is 2.26. The monoisotopic (exact) mass is 377 g/mol. The number of fused-ring (bicyclic) bond motifs is 1. The largest absolute Gasteiger partial charge is 0.481 e. The number of ether oxygens (including phenoxy) is 3. The molecule has 0 fully saturated rings. The zero-order chi connectivity index (χ0) is 19.3. The number of hydrogen-bond donors (Lipinski definition) is 1. The summed E-state index contributed by atoms with van der Waals surface area (Å²) in [4.78, 5) is 12.0. The van der Waals surface area contributed by atoms with Gasteiger partial charge in [0.1, 0.15) is 12.4 Å². The van der Waals surface area contributed by atoms with Gasteiger partial charge < -0.3 is 19.5 Å². The van der Waals surface area contributed by atoms with Gasteiger partial charge in [0, 0.05) is 5.56 Å². The minimum atomic E-state index is -4.43. The van der Waals surface area contributed by atoms with Gasteiger partial charge in [0.25, 0.3) is 5.91 Å². The first-order chi connectivity index (χ1) is 12.9. The minimum Gasteiger partial charge on any atom is -0.481 e. The molecule has 0 spiro atoms. The lowest BCUT2D eigenvalue weighted by molar-refractivity contribution is -0.137. The quantitative estimate of drug-likeness (QED) is 0.832. The molecule has 1 heterocycles. The molecule has 0 radical (unpaired) electrons. The fraction of sp³-hybridized carbons (Fsp3) is 0.211. The molecule has 2 aromatic rings. The van der Waals surface area contributed by atoms with E-state index in [0.717, 1.165) is 12.1 Å². The molecule has 2 aromatic carbocycles. The molecule has 27 heavy (non-hydrogen) atoms. The predicted octanol–water partition coefficient (Wildman–Crippen LogP) is 3.25. The fourth-order valence-electron chi connectivity index (χ4n) is 2.26. The number of benzene rings is 2. The van der Waals surface area contributed by atoms with Crippen LogP contribution in [0.25, 0.3) is 0 Å². The van der Waals surface area contributed by atoms with E-state index in [4.69, 9.17) is 14.2 Å². The van der Waals surface area contributed by atoms with E-state index >= 15 is 0 Å². The van der Waals surface area contributed by atoms with Crippen LogP contribution in [0.3, 0.4) is 0 Å². The van der Waals surface area contributed by atoms with Gasteiger partial charge in [-0.05, 0) is 36.4 Å². The number of amides is 1. The highest BCUT2D eigenvalue weighted by Gasteiger charge is 2.30. The summed E-state index contributed by atoms with van der Waals surface area (Å²) < 4.78 is 53.4. The van der Waals surface area contributed by atoms with Gasteiger partial charge in [-0.25, -0.2) is 0 Å². The van der Waals surface area contributed by atoms with Crippen molar-refractivity contribution in [2.24, 2.45) is 0 Å². The van der Waals surface area contributed by atoms with Crippen LogP contribution < -0.4 is 19.5 Å². The van der Waals surface area contributed by atoms with Crippen LogP contribution in [0.1, 0.15) is 15.9 Å². The van der Waals surface area contributed by atoms with E-state index in [9.17, 15) is 18.0 Å². The van der Waals surface area contributed by atoms with Crippen molar-refractivity contribution < 1.29 is 32.2 Å². The summed E-state index contributed by atoms with van der Waals surface area (Å²) in [5.74, 6) is 6.12. The number of rotatable bonds is 4. The van der Waals surface area contributed by atoms with Crippen molar-refractivity contribution in [2.45, 2.75) is 6.18 Å². The Kier molecular flexibility index (Phi) is 5.41. The van der Waals surface area contributed by atoms with Crippen molar-refractivity contribution in [1.29, 1.82) is 0 Å². The number of hydrogen-bond acceptors (Lipinski definition) is 4. The lowest BCUT2D eigenvalue weighted by Crippen LogP contribution is -2.23. The molecule has 0 aromatic heterocycles. The van der Waals surface area contributed by atoms with Crippen molar-refractivity contribution in [3.8, 4) is 29.1 Å². The minimum absolute atomic E-state index is 0.0687. The number of alkyl halides is 3. The average molecular weight is 377 g/mol. The topological polar surface area (TPSA) is 56.8 Å². The molecule has 1 amide bonds. The highest BCUT2D eigenvalue weighted by Crippen LogP contribution is 2.32. The number of nitrogens with one attached hydrogen (secondary N) is 1. The van der Waals surface area contributed by atoms with Crippen molar-refractivity contribution in [1.82, 2.24) is 5.32 Å². The van der Waals surface area contributed by atoms with E-state index < -0.39 is 11.7 Å². The second-order valence-corrected chi connectivity index (χ2v) is 5.42. The van der Waals surface area contributed by atoms with Gasteiger partial charge in [-0.1, -0.05) is 17.9 Å². The highest BCUT2D eigenvalue weighted by atomic mass is 19.4. The maximum Gasteiger partial charge on any atom is 0.416 e. The number of halogens is 3. The molecule has 140 valence electrons. The van der Waals surface area contributed by atoms with Crippen LogP contribution in [0, 0.1) is 11.8 Å². The van der Waals surface area contributed by atoms with Gasteiger partial charge in [-0.3, -0.25) is 4.79 Å². The maximum absolute atomic E-state index is 12.6. The Morgan fingerprint density at radius 2 is 1.93 bits per heavy atom. The van der Waals surface area contributed by atoms with Crippen LogP contribution in [-0.2, 0) is 6.18 Å². The normalized spacial score (nSPS) is 12.1. The molecule has 5 nitrogen and oxygen atoms in total. The summed E-state index contributed by atoms with van der Waals surface area (Å²) >= 11 is 0. The maximum atomic E-state index is 12.6. The van der Waals surface area contributed by atoms with E-state index in [1.165, 1.54) is 12.1 Å². The van der Waals surface area contributed by atoms with Gasteiger partial charge >= 0.3 is 6.18 Å². The standard InChI is InChI=1S/C19H14F3NO4/c20-19(21,22)14-4-3-5-15(11-14)25-9-2-1-8-23-18(24)13-6-7-16-17(10-13)27-12-26-16/h3-7,10-11H,8-9,12H2,(H,23,24). The third kappa shape index (κ3) is 4.85. The average Bonchev–Trinajstić information content (AvgIpc) is 3.11. The Bertz CT molecular complexity index is 900. The number of carbonyl (C=O) groups excluding carboxylic acids is 1. The molecule has 3 rings (SSSR count). The summed E-state index contributed by atoms with van der Waals surface area (Å²) in [5, 5.41) is 2.60. The molecule has 0 saturated carbocycles. The summed E-state index contributed by atoms with van der Waals surface area (Å²) in [6.45, 7) is 0.0954. The first kappa shape index (κ1) is 18.5. The molecule has 0 saturated heterocycles. The van der Waals surface area contributed by atoms with Gasteiger partial charge in [0.2, 0.25) is 6.79 Å². The lowest BCUT2D eigenvalue weighted by atomic mass is 10.2. The van der Waals surface area contributed by atoms with Crippen molar-refractivity contribution in [2.75, 3.05) is 19.9 Å². The predicted molar refractivity (Wildman–Crippen MR) is 89.6 cm³/mol. The van der Waals surface area contributed by atoms with Gasteiger partial charge in [0.15, 0.2) is 11.5 Å². The van der Waals surface area contributed by atoms with Crippen molar-refractivity contribution in [3.63, 3.8) is 0 Å².